The monoisotopic (exact) mass is 403 g/mol. The van der Waals surface area contributed by atoms with Crippen LogP contribution in [0.25, 0.3) is 5.65 Å². The molecule has 0 saturated heterocycles. The average Bonchev–Trinajstić information content (AvgIpc) is 3.11. The number of aromatic amines is 1. The number of H-pyrrole nitrogens is 1. The molecule has 0 radical (unpaired) electrons. The van der Waals surface area contributed by atoms with Crippen molar-refractivity contribution in [1.29, 1.82) is 0 Å². The van der Waals surface area contributed by atoms with Gasteiger partial charge in [-0.2, -0.15) is 0 Å². The number of fused-ring (bicyclic) bond motifs is 1. The first-order valence-electron chi connectivity index (χ1n) is 9.94. The second kappa shape index (κ2) is 8.02. The van der Waals surface area contributed by atoms with E-state index in [-0.39, 0.29) is 11.1 Å². The molecule has 7 heteroatoms. The zero-order chi connectivity index (χ0) is 21.1. The summed E-state index contributed by atoms with van der Waals surface area (Å²) >= 11 is 0. The van der Waals surface area contributed by atoms with Crippen molar-refractivity contribution in [2.45, 2.75) is 32.6 Å². The molecule has 0 aliphatic rings. The maximum atomic E-state index is 12.0. The van der Waals surface area contributed by atoms with E-state index >= 15 is 0 Å². The molecule has 4 rings (SSSR count). The summed E-state index contributed by atoms with van der Waals surface area (Å²) in [6.07, 6.45) is 2.55. The molecule has 0 saturated carbocycles. The van der Waals surface area contributed by atoms with E-state index in [1.54, 1.807) is 6.20 Å². The molecular formula is C23H25N5O2. The predicted molar refractivity (Wildman–Crippen MR) is 117 cm³/mol. The summed E-state index contributed by atoms with van der Waals surface area (Å²) in [7, 11) is 0. The van der Waals surface area contributed by atoms with Crippen LogP contribution in [0.5, 0.6) is 11.5 Å². The van der Waals surface area contributed by atoms with E-state index < -0.39 is 0 Å². The highest BCUT2D eigenvalue weighted by molar-refractivity contribution is 5.62. The first-order valence-corrected chi connectivity index (χ1v) is 9.94. The molecule has 30 heavy (non-hydrogen) atoms. The van der Waals surface area contributed by atoms with Crippen LogP contribution in [-0.4, -0.2) is 26.1 Å². The number of ether oxygens (including phenoxy) is 1. The van der Waals surface area contributed by atoms with E-state index in [4.69, 9.17) is 9.72 Å². The highest BCUT2D eigenvalue weighted by Gasteiger charge is 2.19. The number of hydrogen-bond acceptors (Lipinski definition) is 5. The summed E-state index contributed by atoms with van der Waals surface area (Å²) < 4.78 is 7.34. The van der Waals surface area contributed by atoms with Gasteiger partial charge in [0.05, 0.1) is 5.69 Å². The van der Waals surface area contributed by atoms with Crippen molar-refractivity contribution in [3.05, 3.63) is 82.5 Å². The van der Waals surface area contributed by atoms with Gasteiger partial charge in [-0.05, 0) is 36.2 Å². The molecule has 2 aromatic heterocycles. The molecule has 7 nitrogen and oxygen atoms in total. The van der Waals surface area contributed by atoms with Gasteiger partial charge in [0.25, 0.3) is 0 Å². The molecule has 0 aliphatic heterocycles. The number of para-hydroxylation sites is 1. The van der Waals surface area contributed by atoms with Crippen LogP contribution in [-0.2, 0) is 11.8 Å². The predicted octanol–water partition coefficient (Wildman–Crippen LogP) is 4.16. The van der Waals surface area contributed by atoms with Gasteiger partial charge < -0.3 is 10.1 Å². The lowest BCUT2D eigenvalue weighted by molar-refractivity contribution is 0.482. The van der Waals surface area contributed by atoms with Crippen molar-refractivity contribution in [3.63, 3.8) is 0 Å². The third-order valence-electron chi connectivity index (χ3n) is 4.78. The molecule has 2 N–H and O–H groups in total. The fourth-order valence-electron chi connectivity index (χ4n) is 3.07. The Bertz CT molecular complexity index is 1190. The number of anilines is 1. The molecule has 0 spiro atoms. The molecule has 0 amide bonds. The first kappa shape index (κ1) is 19.7. The highest BCUT2D eigenvalue weighted by atomic mass is 16.5. The maximum Gasteiger partial charge on any atom is 0.347 e. The Morgan fingerprint density at radius 3 is 2.43 bits per heavy atom. The number of aromatic nitrogens is 4. The lowest BCUT2D eigenvalue weighted by Gasteiger charge is -2.19. The van der Waals surface area contributed by atoms with E-state index in [0.717, 1.165) is 23.6 Å². The summed E-state index contributed by atoms with van der Waals surface area (Å²) in [6.45, 7) is 6.86. The minimum Gasteiger partial charge on any atom is -0.457 e. The van der Waals surface area contributed by atoms with E-state index in [0.29, 0.717) is 18.0 Å². The van der Waals surface area contributed by atoms with Crippen molar-refractivity contribution in [2.24, 2.45) is 0 Å². The van der Waals surface area contributed by atoms with Crippen molar-refractivity contribution in [3.8, 4) is 11.5 Å². The van der Waals surface area contributed by atoms with Crippen molar-refractivity contribution < 1.29 is 4.74 Å². The summed E-state index contributed by atoms with van der Waals surface area (Å²) in [6, 6.07) is 17.7. The Morgan fingerprint density at radius 2 is 1.73 bits per heavy atom. The number of nitrogens with zero attached hydrogens (tertiary/aromatic N) is 3. The molecule has 0 fully saturated rings. The number of nitrogens with one attached hydrogen (secondary N) is 2. The van der Waals surface area contributed by atoms with Gasteiger partial charge >= 0.3 is 5.69 Å². The average molecular weight is 403 g/mol. The van der Waals surface area contributed by atoms with Crippen LogP contribution in [0.2, 0.25) is 0 Å². The van der Waals surface area contributed by atoms with Crippen LogP contribution < -0.4 is 15.7 Å². The number of benzene rings is 2. The first-order chi connectivity index (χ1) is 14.4. The van der Waals surface area contributed by atoms with Gasteiger partial charge in [0, 0.05) is 18.2 Å². The summed E-state index contributed by atoms with van der Waals surface area (Å²) in [5.74, 6) is 2.22. The third-order valence-corrected chi connectivity index (χ3v) is 4.78. The highest BCUT2D eigenvalue weighted by Crippen LogP contribution is 2.23. The second-order valence-electron chi connectivity index (χ2n) is 8.18. The third kappa shape index (κ3) is 4.35. The van der Waals surface area contributed by atoms with Gasteiger partial charge in [-0.3, -0.25) is 0 Å². The van der Waals surface area contributed by atoms with E-state index in [1.807, 2.05) is 54.6 Å². The summed E-state index contributed by atoms with van der Waals surface area (Å²) in [5.41, 5.74) is 2.04. The normalized spacial score (nSPS) is 11.6. The maximum absolute atomic E-state index is 12.0. The molecule has 0 bridgehead atoms. The zero-order valence-corrected chi connectivity index (χ0v) is 17.3. The van der Waals surface area contributed by atoms with Crippen LogP contribution in [0.4, 0.5) is 5.82 Å². The standard InChI is InChI=1S/C23H25N5O2/c1-23(2,3)19-15-28-21(26-27-22(28)29)20(25-19)24-14-13-16-9-11-18(12-10-16)30-17-7-5-4-6-8-17/h4-12,15H,13-14H2,1-3H3,(H,24,25)(H,27,29). The van der Waals surface area contributed by atoms with Gasteiger partial charge in [0.1, 0.15) is 11.5 Å². The van der Waals surface area contributed by atoms with Crippen LogP contribution in [0.15, 0.2) is 65.6 Å². The van der Waals surface area contributed by atoms with Crippen LogP contribution >= 0.6 is 0 Å². The van der Waals surface area contributed by atoms with Crippen molar-refractivity contribution >= 4 is 11.5 Å². The Hall–Kier alpha value is -3.61. The van der Waals surface area contributed by atoms with Crippen molar-refractivity contribution in [2.75, 3.05) is 11.9 Å². The van der Waals surface area contributed by atoms with Gasteiger partial charge in [0.15, 0.2) is 5.82 Å². The summed E-state index contributed by atoms with van der Waals surface area (Å²) in [5, 5.41) is 9.93. The summed E-state index contributed by atoms with van der Waals surface area (Å²) in [4.78, 5) is 16.8. The van der Waals surface area contributed by atoms with Gasteiger partial charge in [-0.15, -0.1) is 5.10 Å². The zero-order valence-electron chi connectivity index (χ0n) is 17.3. The van der Waals surface area contributed by atoms with Crippen LogP contribution in [0.3, 0.4) is 0 Å². The van der Waals surface area contributed by atoms with Gasteiger partial charge in [0.2, 0.25) is 5.65 Å². The van der Waals surface area contributed by atoms with Crippen molar-refractivity contribution in [1.82, 2.24) is 19.6 Å². The largest absolute Gasteiger partial charge is 0.457 e. The fraction of sp³-hybridized carbons (Fsp3) is 0.261. The SMILES string of the molecule is CC(C)(C)c1cn2c(=O)[nH]nc2c(NCCc2ccc(Oc3ccccc3)cc2)n1. The molecule has 4 aromatic rings. The molecule has 154 valence electrons. The Balaban J connectivity index is 1.44. The smallest absolute Gasteiger partial charge is 0.347 e. The minimum absolute atomic E-state index is 0.185. The molecule has 0 unspecified atom stereocenters. The Labute approximate surface area is 174 Å². The quantitative estimate of drug-likeness (QED) is 0.505. The fourth-order valence-corrected chi connectivity index (χ4v) is 3.07. The molecule has 2 aromatic carbocycles. The number of rotatable bonds is 6. The van der Waals surface area contributed by atoms with E-state index in [1.165, 1.54) is 9.96 Å². The topological polar surface area (TPSA) is 84.3 Å². The van der Waals surface area contributed by atoms with E-state index in [9.17, 15) is 4.79 Å². The van der Waals surface area contributed by atoms with E-state index in [2.05, 4.69) is 36.3 Å². The molecule has 0 atom stereocenters. The second-order valence-corrected chi connectivity index (χ2v) is 8.18. The number of hydrogen-bond donors (Lipinski definition) is 2. The Morgan fingerprint density at radius 1 is 1.03 bits per heavy atom. The lowest BCUT2D eigenvalue weighted by atomic mass is 9.93. The van der Waals surface area contributed by atoms with Crippen LogP contribution in [0.1, 0.15) is 32.0 Å². The van der Waals surface area contributed by atoms with Gasteiger partial charge in [-0.25, -0.2) is 19.3 Å². The Kier molecular flexibility index (Phi) is 5.27. The molecular weight excluding hydrogens is 378 g/mol. The van der Waals surface area contributed by atoms with Gasteiger partial charge in [-0.1, -0.05) is 51.1 Å². The molecule has 0 aliphatic carbocycles. The van der Waals surface area contributed by atoms with Crippen LogP contribution in [0, 0.1) is 0 Å². The minimum atomic E-state index is -0.269. The lowest BCUT2D eigenvalue weighted by Crippen LogP contribution is -2.20. The molecule has 2 heterocycles.